The van der Waals surface area contributed by atoms with Gasteiger partial charge in [0.15, 0.2) is 0 Å². The average Bonchev–Trinajstić information content (AvgIpc) is 3.11. The van der Waals surface area contributed by atoms with Crippen LogP contribution in [0.2, 0.25) is 0 Å². The number of rotatable bonds is 5. The van der Waals surface area contributed by atoms with Crippen LogP contribution in [0.4, 0.5) is 0 Å². The standard InChI is InChI=1S/C19H25N3O2S/c1-14-12-18(23)22(20-15(14)2)13-19(24)21-10-4-3-6-16(21)8-9-17-7-5-11-25-17/h5,7,11-12,16H,3-4,6,8-10,13H2,1-2H3/t16-/m1/s1. The molecular formula is C19H25N3O2S. The van der Waals surface area contributed by atoms with Gasteiger partial charge in [0.05, 0.1) is 5.69 Å². The summed E-state index contributed by atoms with van der Waals surface area (Å²) in [6, 6.07) is 6.05. The lowest BCUT2D eigenvalue weighted by Crippen LogP contribution is -2.46. The number of likely N-dealkylation sites (tertiary alicyclic amines) is 1. The number of carbonyl (C=O) groups excluding carboxylic acids is 1. The van der Waals surface area contributed by atoms with E-state index in [-0.39, 0.29) is 24.1 Å². The Morgan fingerprint density at radius 2 is 2.20 bits per heavy atom. The Morgan fingerprint density at radius 3 is 2.96 bits per heavy atom. The minimum atomic E-state index is -0.205. The van der Waals surface area contributed by atoms with Crippen molar-refractivity contribution in [1.29, 1.82) is 0 Å². The smallest absolute Gasteiger partial charge is 0.267 e. The largest absolute Gasteiger partial charge is 0.338 e. The van der Waals surface area contributed by atoms with Crippen molar-refractivity contribution in [2.75, 3.05) is 6.54 Å². The van der Waals surface area contributed by atoms with Crippen molar-refractivity contribution in [3.63, 3.8) is 0 Å². The summed E-state index contributed by atoms with van der Waals surface area (Å²) in [5, 5.41) is 6.37. The maximum atomic E-state index is 12.8. The molecule has 0 saturated carbocycles. The predicted molar refractivity (Wildman–Crippen MR) is 100.0 cm³/mol. The van der Waals surface area contributed by atoms with E-state index < -0.39 is 0 Å². The molecule has 1 aliphatic heterocycles. The van der Waals surface area contributed by atoms with Crippen molar-refractivity contribution >= 4 is 17.2 Å². The fourth-order valence-corrected chi connectivity index (χ4v) is 4.12. The van der Waals surface area contributed by atoms with Gasteiger partial charge >= 0.3 is 0 Å². The van der Waals surface area contributed by atoms with Gasteiger partial charge in [0, 0.05) is 23.5 Å². The van der Waals surface area contributed by atoms with Crippen LogP contribution >= 0.6 is 11.3 Å². The highest BCUT2D eigenvalue weighted by atomic mass is 32.1. The van der Waals surface area contributed by atoms with Crippen LogP contribution in [0.3, 0.4) is 0 Å². The maximum Gasteiger partial charge on any atom is 0.267 e. The number of aromatic nitrogens is 2. The Kier molecular flexibility index (Phi) is 5.68. The van der Waals surface area contributed by atoms with E-state index in [2.05, 4.69) is 22.6 Å². The highest BCUT2D eigenvalue weighted by Gasteiger charge is 2.27. The van der Waals surface area contributed by atoms with E-state index in [0.29, 0.717) is 0 Å². The van der Waals surface area contributed by atoms with E-state index in [9.17, 15) is 9.59 Å². The molecule has 1 aliphatic rings. The van der Waals surface area contributed by atoms with Crippen LogP contribution in [-0.2, 0) is 17.8 Å². The normalized spacial score (nSPS) is 17.7. The molecule has 1 amide bonds. The van der Waals surface area contributed by atoms with Crippen LogP contribution in [0.1, 0.15) is 41.8 Å². The Labute approximate surface area is 152 Å². The average molecular weight is 359 g/mol. The summed E-state index contributed by atoms with van der Waals surface area (Å²) < 4.78 is 1.30. The fraction of sp³-hybridized carbons (Fsp3) is 0.526. The minimum absolute atomic E-state index is 0.00809. The molecule has 0 aromatic carbocycles. The van der Waals surface area contributed by atoms with E-state index in [4.69, 9.17) is 0 Å². The summed E-state index contributed by atoms with van der Waals surface area (Å²) in [5.74, 6) is 0.00809. The van der Waals surface area contributed by atoms with Gasteiger partial charge in [-0.1, -0.05) is 6.07 Å². The first-order valence-electron chi connectivity index (χ1n) is 8.92. The number of hydrogen-bond donors (Lipinski definition) is 0. The number of carbonyl (C=O) groups is 1. The number of amides is 1. The Balaban J connectivity index is 1.68. The van der Waals surface area contributed by atoms with Gasteiger partial charge in [-0.3, -0.25) is 9.59 Å². The van der Waals surface area contributed by atoms with Gasteiger partial charge in [-0.05, 0) is 63.0 Å². The van der Waals surface area contributed by atoms with Crippen molar-refractivity contribution in [2.45, 2.75) is 58.5 Å². The third-order valence-electron chi connectivity index (χ3n) is 4.97. The third kappa shape index (κ3) is 4.37. The number of piperidine rings is 1. The summed E-state index contributed by atoms with van der Waals surface area (Å²) >= 11 is 1.77. The molecular weight excluding hydrogens is 334 g/mol. The molecule has 3 heterocycles. The Hall–Kier alpha value is -1.95. The molecule has 0 unspecified atom stereocenters. The Bertz CT molecular complexity index is 782. The quantitative estimate of drug-likeness (QED) is 0.825. The van der Waals surface area contributed by atoms with E-state index in [1.807, 2.05) is 18.7 Å². The molecule has 1 fully saturated rings. The van der Waals surface area contributed by atoms with Gasteiger partial charge in [-0.15, -0.1) is 11.3 Å². The van der Waals surface area contributed by atoms with Crippen molar-refractivity contribution < 1.29 is 4.79 Å². The molecule has 1 atom stereocenters. The molecule has 5 nitrogen and oxygen atoms in total. The van der Waals surface area contributed by atoms with Crippen LogP contribution in [0, 0.1) is 13.8 Å². The van der Waals surface area contributed by atoms with Gasteiger partial charge in [0.25, 0.3) is 5.56 Å². The van der Waals surface area contributed by atoms with Crippen LogP contribution in [0.15, 0.2) is 28.4 Å². The van der Waals surface area contributed by atoms with E-state index in [1.165, 1.54) is 16.0 Å². The minimum Gasteiger partial charge on any atom is -0.338 e. The SMILES string of the molecule is Cc1cc(=O)n(CC(=O)N2CCCC[C@@H]2CCc2cccs2)nc1C. The maximum absolute atomic E-state index is 12.8. The summed E-state index contributed by atoms with van der Waals surface area (Å²) in [5.41, 5.74) is 1.45. The fourth-order valence-electron chi connectivity index (χ4n) is 3.40. The second-order valence-corrected chi connectivity index (χ2v) is 7.80. The van der Waals surface area contributed by atoms with Gasteiger partial charge in [-0.2, -0.15) is 5.10 Å². The van der Waals surface area contributed by atoms with Gasteiger partial charge in [0.1, 0.15) is 6.54 Å². The highest BCUT2D eigenvalue weighted by Crippen LogP contribution is 2.23. The van der Waals surface area contributed by atoms with Crippen molar-refractivity contribution in [2.24, 2.45) is 0 Å². The summed E-state index contributed by atoms with van der Waals surface area (Å²) in [6.07, 6.45) is 5.25. The topological polar surface area (TPSA) is 55.2 Å². The molecule has 0 radical (unpaired) electrons. The van der Waals surface area contributed by atoms with Gasteiger partial charge in [0.2, 0.25) is 5.91 Å². The first-order valence-corrected chi connectivity index (χ1v) is 9.80. The molecule has 0 aliphatic carbocycles. The molecule has 2 aromatic heterocycles. The van der Waals surface area contributed by atoms with Crippen LogP contribution < -0.4 is 5.56 Å². The van der Waals surface area contributed by atoms with Crippen LogP contribution in [0.5, 0.6) is 0 Å². The second kappa shape index (κ2) is 7.95. The zero-order valence-electron chi connectivity index (χ0n) is 14.9. The third-order valence-corrected chi connectivity index (χ3v) is 5.91. The molecule has 0 bridgehead atoms. The summed E-state index contributed by atoms with van der Waals surface area (Å²) in [7, 11) is 0. The van der Waals surface area contributed by atoms with Crippen molar-refractivity contribution in [3.8, 4) is 0 Å². The van der Waals surface area contributed by atoms with E-state index in [1.54, 1.807) is 17.4 Å². The lowest BCUT2D eigenvalue weighted by molar-refractivity contribution is -0.136. The lowest BCUT2D eigenvalue weighted by atomic mass is 9.97. The molecule has 6 heteroatoms. The van der Waals surface area contributed by atoms with Gasteiger partial charge in [-0.25, -0.2) is 4.68 Å². The van der Waals surface area contributed by atoms with Crippen LogP contribution in [0.25, 0.3) is 0 Å². The van der Waals surface area contributed by atoms with Crippen molar-refractivity contribution in [3.05, 3.63) is 50.1 Å². The molecule has 1 saturated heterocycles. The zero-order chi connectivity index (χ0) is 17.8. The van der Waals surface area contributed by atoms with Gasteiger partial charge < -0.3 is 4.90 Å². The van der Waals surface area contributed by atoms with E-state index in [0.717, 1.165) is 43.5 Å². The monoisotopic (exact) mass is 359 g/mol. The molecule has 0 N–H and O–H groups in total. The highest BCUT2D eigenvalue weighted by molar-refractivity contribution is 7.09. The Morgan fingerprint density at radius 1 is 1.36 bits per heavy atom. The first-order chi connectivity index (χ1) is 12.0. The van der Waals surface area contributed by atoms with Crippen molar-refractivity contribution in [1.82, 2.24) is 14.7 Å². The second-order valence-electron chi connectivity index (χ2n) is 6.76. The molecule has 0 spiro atoms. The predicted octanol–water partition coefficient (Wildman–Crippen LogP) is 2.94. The molecule has 2 aromatic rings. The molecule has 134 valence electrons. The lowest BCUT2D eigenvalue weighted by Gasteiger charge is -2.36. The molecule has 25 heavy (non-hydrogen) atoms. The number of hydrogen-bond acceptors (Lipinski definition) is 4. The van der Waals surface area contributed by atoms with Crippen LogP contribution in [-0.4, -0.2) is 33.2 Å². The zero-order valence-corrected chi connectivity index (χ0v) is 15.7. The number of nitrogens with zero attached hydrogens (tertiary/aromatic N) is 3. The summed E-state index contributed by atoms with van der Waals surface area (Å²) in [4.78, 5) is 28.3. The van der Waals surface area contributed by atoms with E-state index >= 15 is 0 Å². The summed E-state index contributed by atoms with van der Waals surface area (Å²) in [6.45, 7) is 4.55. The number of thiophene rings is 1. The number of aryl methyl sites for hydroxylation is 3. The first kappa shape index (κ1) is 17.9. The molecule has 3 rings (SSSR count).